The fourth-order valence-corrected chi connectivity index (χ4v) is 1.74. The topological polar surface area (TPSA) is 0 Å². The van der Waals surface area contributed by atoms with Gasteiger partial charge in [-0.15, -0.1) is 40.1 Å². The molecule has 0 aromatic heterocycles. The molecule has 0 bridgehead atoms. The number of rotatable bonds is 0. The minimum Gasteiger partial charge on any atom is -1.00 e. The smallest absolute Gasteiger partial charge is 1.00 e. The Bertz CT molecular complexity index is 432. The van der Waals surface area contributed by atoms with Crippen molar-refractivity contribution in [1.82, 2.24) is 0 Å². The molecule has 0 saturated heterocycles. The van der Waals surface area contributed by atoms with Crippen molar-refractivity contribution < 1.29 is 46.5 Å². The van der Waals surface area contributed by atoms with Crippen molar-refractivity contribution in [3.8, 4) is 0 Å². The zero-order valence-corrected chi connectivity index (χ0v) is 12.1. The summed E-state index contributed by atoms with van der Waals surface area (Å²) in [5.74, 6) is 0. The van der Waals surface area contributed by atoms with E-state index >= 15 is 0 Å². The largest absolute Gasteiger partial charge is 3.00 e. The number of halogens is 2. The van der Waals surface area contributed by atoms with Gasteiger partial charge in [0.2, 0.25) is 0 Å². The van der Waals surface area contributed by atoms with Crippen LogP contribution in [0.2, 0.25) is 0 Å². The van der Waals surface area contributed by atoms with Crippen molar-refractivity contribution in [3.05, 3.63) is 41.0 Å². The Morgan fingerprint density at radius 2 is 1.60 bits per heavy atom. The molecule has 15 heavy (non-hydrogen) atoms. The molecule has 0 amide bonds. The van der Waals surface area contributed by atoms with Gasteiger partial charge in [-0.1, -0.05) is 26.8 Å². The number of hydrogen-bond acceptors (Lipinski definition) is 0. The van der Waals surface area contributed by atoms with Gasteiger partial charge >= 0.3 is 21.7 Å². The van der Waals surface area contributed by atoms with Crippen LogP contribution in [-0.4, -0.2) is 0 Å². The Morgan fingerprint density at radius 1 is 1.00 bits per heavy atom. The van der Waals surface area contributed by atoms with Crippen LogP contribution >= 0.6 is 0 Å². The van der Waals surface area contributed by atoms with E-state index in [0.717, 1.165) is 0 Å². The zero-order chi connectivity index (χ0) is 8.72. The predicted molar refractivity (Wildman–Crippen MR) is 53.8 cm³/mol. The molecule has 0 nitrogen and oxygen atoms in total. The molecule has 0 saturated carbocycles. The van der Waals surface area contributed by atoms with Crippen LogP contribution in [0.4, 0.5) is 0 Å². The van der Waals surface area contributed by atoms with Crippen LogP contribution < -0.4 is 24.8 Å². The molecule has 0 aliphatic rings. The molecule has 0 N–H and O–H groups in total. The fourth-order valence-electron chi connectivity index (χ4n) is 1.74. The molecule has 3 heteroatoms. The number of fused-ring (bicyclic) bond motifs is 1. The molecule has 0 unspecified atom stereocenters. The van der Waals surface area contributed by atoms with Crippen LogP contribution in [0.5, 0.6) is 0 Å². The van der Waals surface area contributed by atoms with E-state index in [1.807, 2.05) is 0 Å². The molecule has 0 aliphatic carbocycles. The molecular weight excluding hydrogens is 263 g/mol. The Hall–Kier alpha value is 0.124. The van der Waals surface area contributed by atoms with E-state index in [1.165, 1.54) is 27.5 Å². The fraction of sp³-hybridized carbons (Fsp3) is 0.250. The van der Waals surface area contributed by atoms with E-state index in [4.69, 9.17) is 0 Å². The van der Waals surface area contributed by atoms with Crippen molar-refractivity contribution in [1.29, 1.82) is 0 Å². The first kappa shape index (κ1) is 17.5. The third-order valence-corrected chi connectivity index (χ3v) is 2.68. The maximum absolute atomic E-state index is 2.28. The molecule has 0 aliphatic heterocycles. The van der Waals surface area contributed by atoms with Crippen molar-refractivity contribution in [2.45, 2.75) is 20.8 Å². The van der Waals surface area contributed by atoms with Gasteiger partial charge in [-0.05, 0) is 0 Å². The molecule has 0 fully saturated rings. The van der Waals surface area contributed by atoms with Gasteiger partial charge in [0.25, 0.3) is 0 Å². The Morgan fingerprint density at radius 3 is 2.13 bits per heavy atom. The van der Waals surface area contributed by atoms with E-state index in [0.29, 0.717) is 0 Å². The van der Waals surface area contributed by atoms with Crippen LogP contribution in [0.3, 0.4) is 0 Å². The summed E-state index contributed by atoms with van der Waals surface area (Å²) in [6, 6.07) is 8.77. The summed E-state index contributed by atoms with van der Waals surface area (Å²) in [5, 5.41) is 2.82. The van der Waals surface area contributed by atoms with Crippen LogP contribution in [0.25, 0.3) is 10.8 Å². The number of benzene rings is 1. The van der Waals surface area contributed by atoms with Crippen LogP contribution in [0, 0.1) is 20.8 Å². The molecule has 2 aromatic rings. The molecular formula is C12H13Cl2Ti. The second kappa shape index (κ2) is 6.65. The molecule has 0 heterocycles. The van der Waals surface area contributed by atoms with E-state index in [2.05, 4.69) is 45.0 Å². The van der Waals surface area contributed by atoms with E-state index in [1.54, 1.807) is 0 Å². The standard InChI is InChI=1S/C12H13.2ClH.Ti/c1-8-5-4-6-11-10(3)9(2)7-12(8)11;;;/h4-7H,1-3H3;2*1H;/q-1;;;+3/p-2. The van der Waals surface area contributed by atoms with E-state index < -0.39 is 0 Å². The first-order valence-corrected chi connectivity index (χ1v) is 4.32. The molecule has 0 spiro atoms. The second-order valence-corrected chi connectivity index (χ2v) is 3.49. The van der Waals surface area contributed by atoms with Crippen LogP contribution in [0.1, 0.15) is 16.7 Å². The SMILES string of the molecule is Cc1[cH-]c2c(C)cccc2c1C.[Cl-].[Cl-].[Ti+3]. The summed E-state index contributed by atoms with van der Waals surface area (Å²) >= 11 is 0. The summed E-state index contributed by atoms with van der Waals surface area (Å²) in [5.41, 5.74) is 4.21. The van der Waals surface area contributed by atoms with Gasteiger partial charge < -0.3 is 24.8 Å². The Kier molecular flexibility index (Phi) is 7.77. The molecule has 2 rings (SSSR count). The Balaban J connectivity index is 0. The van der Waals surface area contributed by atoms with Crippen molar-refractivity contribution in [3.63, 3.8) is 0 Å². The minimum atomic E-state index is 0. The average Bonchev–Trinajstić information content (AvgIpc) is 2.32. The molecule has 1 radical (unpaired) electrons. The van der Waals surface area contributed by atoms with Gasteiger partial charge in [0, 0.05) is 0 Å². The monoisotopic (exact) mass is 275 g/mol. The van der Waals surface area contributed by atoms with Gasteiger partial charge in [0.05, 0.1) is 0 Å². The van der Waals surface area contributed by atoms with Gasteiger partial charge in [-0.3, -0.25) is 0 Å². The van der Waals surface area contributed by atoms with Gasteiger partial charge in [0.15, 0.2) is 0 Å². The number of aryl methyl sites for hydroxylation is 3. The summed E-state index contributed by atoms with van der Waals surface area (Å²) in [6.07, 6.45) is 0. The van der Waals surface area contributed by atoms with Crippen LogP contribution in [-0.2, 0) is 21.7 Å². The Labute approximate surface area is 119 Å². The summed E-state index contributed by atoms with van der Waals surface area (Å²) < 4.78 is 0. The summed E-state index contributed by atoms with van der Waals surface area (Å²) in [6.45, 7) is 6.53. The van der Waals surface area contributed by atoms with Gasteiger partial charge in [0.1, 0.15) is 0 Å². The third kappa shape index (κ3) is 3.04. The van der Waals surface area contributed by atoms with Crippen molar-refractivity contribution >= 4 is 10.8 Å². The van der Waals surface area contributed by atoms with Crippen molar-refractivity contribution in [2.75, 3.05) is 0 Å². The van der Waals surface area contributed by atoms with Crippen molar-refractivity contribution in [2.24, 2.45) is 0 Å². The maximum Gasteiger partial charge on any atom is 3.00 e. The van der Waals surface area contributed by atoms with E-state index in [9.17, 15) is 0 Å². The zero-order valence-electron chi connectivity index (χ0n) is 9.07. The van der Waals surface area contributed by atoms with Crippen LogP contribution in [0.15, 0.2) is 24.3 Å². The van der Waals surface area contributed by atoms with Gasteiger partial charge in [-0.2, -0.15) is 5.56 Å². The average molecular weight is 276 g/mol. The van der Waals surface area contributed by atoms with Gasteiger partial charge in [-0.25, -0.2) is 0 Å². The predicted octanol–water partition coefficient (Wildman–Crippen LogP) is -2.51. The molecule has 0 atom stereocenters. The minimum absolute atomic E-state index is 0. The first-order valence-electron chi connectivity index (χ1n) is 4.32. The summed E-state index contributed by atoms with van der Waals surface area (Å²) in [4.78, 5) is 0. The van der Waals surface area contributed by atoms with E-state index in [-0.39, 0.29) is 46.5 Å². The third-order valence-electron chi connectivity index (χ3n) is 2.68. The second-order valence-electron chi connectivity index (χ2n) is 3.49. The number of hydrogen-bond donors (Lipinski definition) is 0. The molecule has 79 valence electrons. The molecule has 2 aromatic carbocycles. The quantitative estimate of drug-likeness (QED) is 0.368. The maximum atomic E-state index is 2.28. The first-order chi connectivity index (χ1) is 5.70. The summed E-state index contributed by atoms with van der Waals surface area (Å²) in [7, 11) is 0. The normalized spacial score (nSPS) is 8.73.